The summed E-state index contributed by atoms with van der Waals surface area (Å²) in [7, 11) is -2.19. The van der Waals surface area contributed by atoms with Crippen LogP contribution in [0.2, 0.25) is 0 Å². The van der Waals surface area contributed by atoms with E-state index < -0.39 is 16.1 Å². The van der Waals surface area contributed by atoms with Gasteiger partial charge in [-0.1, -0.05) is 24.1 Å². The maximum absolute atomic E-state index is 12.9. The Balaban J connectivity index is 2.10. The normalized spacial score (nSPS) is 19.3. The molecule has 1 fully saturated rings. The number of methoxy groups -OCH3 is 1. The van der Waals surface area contributed by atoms with Crippen molar-refractivity contribution in [3.8, 4) is 0 Å². The summed E-state index contributed by atoms with van der Waals surface area (Å²) in [6.45, 7) is 2.86. The maximum atomic E-state index is 12.9. The Morgan fingerprint density at radius 1 is 1.30 bits per heavy atom. The van der Waals surface area contributed by atoms with Crippen molar-refractivity contribution in [2.24, 2.45) is 0 Å². The number of carbonyl (C=O) groups is 1. The molecule has 128 valence electrons. The molecule has 1 N–H and O–H groups in total. The number of alkyl carbamates (subject to hydrolysis) is 1. The van der Waals surface area contributed by atoms with Crippen LogP contribution in [0, 0.1) is 6.92 Å². The number of aryl methyl sites for hydroxylation is 1. The van der Waals surface area contributed by atoms with Crippen LogP contribution < -0.4 is 5.32 Å². The zero-order chi connectivity index (χ0) is 16.9. The summed E-state index contributed by atoms with van der Waals surface area (Å²) in [6, 6.07) is 6.84. The second kappa shape index (κ2) is 7.79. The third-order valence-electron chi connectivity index (χ3n) is 4.13. The molecule has 1 aliphatic rings. The van der Waals surface area contributed by atoms with Gasteiger partial charge in [-0.25, -0.2) is 13.2 Å². The van der Waals surface area contributed by atoms with E-state index in [-0.39, 0.29) is 6.04 Å². The maximum Gasteiger partial charge on any atom is 0.406 e. The van der Waals surface area contributed by atoms with E-state index in [1.54, 1.807) is 16.4 Å². The summed E-state index contributed by atoms with van der Waals surface area (Å²) in [4.78, 5) is 11.4. The van der Waals surface area contributed by atoms with Gasteiger partial charge in [0, 0.05) is 19.1 Å². The fourth-order valence-electron chi connectivity index (χ4n) is 2.84. The average molecular weight is 340 g/mol. The first-order valence-electron chi connectivity index (χ1n) is 7.85. The molecule has 0 aliphatic carbocycles. The van der Waals surface area contributed by atoms with E-state index in [9.17, 15) is 13.2 Å². The van der Waals surface area contributed by atoms with Crippen molar-refractivity contribution in [2.75, 3.05) is 20.2 Å². The number of benzene rings is 1. The minimum absolute atomic E-state index is 0.0905. The number of hydrogen-bond donors (Lipinski definition) is 1. The summed E-state index contributed by atoms with van der Waals surface area (Å²) < 4.78 is 31.9. The molecular formula is C16H24N2O4S. The highest BCUT2D eigenvalue weighted by molar-refractivity contribution is 7.89. The van der Waals surface area contributed by atoms with Crippen molar-refractivity contribution in [1.82, 2.24) is 9.62 Å². The SMILES string of the molecule is COC(=O)NCC[C@H]1CCCCN1S(=O)(=O)c1ccc(C)cc1. The molecule has 0 saturated carbocycles. The van der Waals surface area contributed by atoms with E-state index in [2.05, 4.69) is 10.1 Å². The molecule has 0 radical (unpaired) electrons. The lowest BCUT2D eigenvalue weighted by Crippen LogP contribution is -2.45. The second-order valence-electron chi connectivity index (χ2n) is 5.79. The molecule has 1 amide bonds. The van der Waals surface area contributed by atoms with Crippen LogP contribution in [-0.2, 0) is 14.8 Å². The van der Waals surface area contributed by atoms with Crippen molar-refractivity contribution in [3.63, 3.8) is 0 Å². The first-order chi connectivity index (χ1) is 10.9. The molecule has 6 nitrogen and oxygen atoms in total. The zero-order valence-electron chi connectivity index (χ0n) is 13.6. The molecule has 23 heavy (non-hydrogen) atoms. The Kier molecular flexibility index (Phi) is 6.01. The average Bonchev–Trinajstić information content (AvgIpc) is 2.55. The van der Waals surface area contributed by atoms with E-state index in [4.69, 9.17) is 0 Å². The first kappa shape index (κ1) is 17.7. The van der Waals surface area contributed by atoms with Crippen LogP contribution in [0.3, 0.4) is 0 Å². The second-order valence-corrected chi connectivity index (χ2v) is 7.68. The Bertz CT molecular complexity index is 628. The van der Waals surface area contributed by atoms with Crippen LogP contribution in [0.4, 0.5) is 4.79 Å². The van der Waals surface area contributed by atoms with Gasteiger partial charge in [0.15, 0.2) is 0 Å². The van der Waals surface area contributed by atoms with Gasteiger partial charge in [0.1, 0.15) is 0 Å². The standard InChI is InChI=1S/C16H24N2O4S/c1-13-6-8-15(9-7-13)23(20,21)18-12-4-3-5-14(18)10-11-17-16(19)22-2/h6-9,14H,3-5,10-12H2,1-2H3,(H,17,19)/t14-/m1/s1. The molecule has 1 aliphatic heterocycles. The van der Waals surface area contributed by atoms with E-state index in [1.807, 2.05) is 19.1 Å². The number of nitrogens with one attached hydrogen (secondary N) is 1. The summed E-state index contributed by atoms with van der Waals surface area (Å²) in [5.41, 5.74) is 1.03. The van der Waals surface area contributed by atoms with Crippen LogP contribution in [0.25, 0.3) is 0 Å². The van der Waals surface area contributed by atoms with Crippen LogP contribution in [0.1, 0.15) is 31.2 Å². The molecule has 0 aromatic heterocycles. The first-order valence-corrected chi connectivity index (χ1v) is 9.29. The van der Waals surface area contributed by atoms with Crippen molar-refractivity contribution in [1.29, 1.82) is 0 Å². The van der Waals surface area contributed by atoms with E-state index in [1.165, 1.54) is 7.11 Å². The molecule has 1 heterocycles. The van der Waals surface area contributed by atoms with Gasteiger partial charge in [0.2, 0.25) is 10.0 Å². The number of amides is 1. The molecule has 7 heteroatoms. The van der Waals surface area contributed by atoms with Gasteiger partial charge in [-0.2, -0.15) is 4.31 Å². The monoisotopic (exact) mass is 340 g/mol. The Morgan fingerprint density at radius 2 is 2.00 bits per heavy atom. The predicted octanol–water partition coefficient (Wildman–Crippen LogP) is 2.28. The molecule has 1 aromatic carbocycles. The largest absolute Gasteiger partial charge is 0.453 e. The summed E-state index contributed by atoms with van der Waals surface area (Å²) in [5, 5.41) is 2.62. The highest BCUT2D eigenvalue weighted by Gasteiger charge is 2.33. The van der Waals surface area contributed by atoms with Crippen LogP contribution in [0.5, 0.6) is 0 Å². The van der Waals surface area contributed by atoms with Gasteiger partial charge in [-0.15, -0.1) is 0 Å². The van der Waals surface area contributed by atoms with E-state index in [0.717, 1.165) is 24.8 Å². The van der Waals surface area contributed by atoms with E-state index >= 15 is 0 Å². The Labute approximate surface area is 137 Å². The lowest BCUT2D eigenvalue weighted by Gasteiger charge is -2.34. The molecule has 0 unspecified atom stereocenters. The Hall–Kier alpha value is -1.60. The van der Waals surface area contributed by atoms with Crippen molar-refractivity contribution < 1.29 is 17.9 Å². The van der Waals surface area contributed by atoms with Gasteiger partial charge < -0.3 is 10.1 Å². The fourth-order valence-corrected chi connectivity index (χ4v) is 4.56. The number of hydrogen-bond acceptors (Lipinski definition) is 4. The van der Waals surface area contributed by atoms with Gasteiger partial charge in [-0.05, 0) is 38.3 Å². The molecule has 1 aromatic rings. The van der Waals surface area contributed by atoms with E-state index in [0.29, 0.717) is 24.4 Å². The number of rotatable bonds is 5. The minimum atomic E-state index is -3.49. The fraction of sp³-hybridized carbons (Fsp3) is 0.562. The quantitative estimate of drug-likeness (QED) is 0.892. The van der Waals surface area contributed by atoms with Gasteiger partial charge >= 0.3 is 6.09 Å². The highest BCUT2D eigenvalue weighted by atomic mass is 32.2. The van der Waals surface area contributed by atoms with Gasteiger partial charge in [0.25, 0.3) is 0 Å². The lowest BCUT2D eigenvalue weighted by atomic mass is 10.0. The number of carbonyl (C=O) groups excluding carboxylic acids is 1. The third-order valence-corrected chi connectivity index (χ3v) is 6.10. The third kappa shape index (κ3) is 4.45. The number of piperidine rings is 1. The number of sulfonamides is 1. The molecule has 0 bridgehead atoms. The van der Waals surface area contributed by atoms with Crippen molar-refractivity contribution >= 4 is 16.1 Å². The lowest BCUT2D eigenvalue weighted by molar-refractivity contribution is 0.168. The summed E-state index contributed by atoms with van der Waals surface area (Å²) in [6.07, 6.45) is 2.77. The predicted molar refractivity (Wildman–Crippen MR) is 87.7 cm³/mol. The molecule has 1 atom stereocenters. The minimum Gasteiger partial charge on any atom is -0.453 e. The highest BCUT2D eigenvalue weighted by Crippen LogP contribution is 2.27. The van der Waals surface area contributed by atoms with Gasteiger partial charge in [-0.3, -0.25) is 0 Å². The summed E-state index contributed by atoms with van der Waals surface area (Å²) >= 11 is 0. The zero-order valence-corrected chi connectivity index (χ0v) is 14.4. The number of ether oxygens (including phenoxy) is 1. The summed E-state index contributed by atoms with van der Waals surface area (Å²) in [5.74, 6) is 0. The molecule has 2 rings (SSSR count). The van der Waals surface area contributed by atoms with Crippen molar-refractivity contribution in [2.45, 2.75) is 43.5 Å². The molecule has 0 spiro atoms. The number of nitrogens with zero attached hydrogens (tertiary/aromatic N) is 1. The van der Waals surface area contributed by atoms with Crippen LogP contribution >= 0.6 is 0 Å². The van der Waals surface area contributed by atoms with Crippen molar-refractivity contribution in [3.05, 3.63) is 29.8 Å². The van der Waals surface area contributed by atoms with Crippen LogP contribution in [0.15, 0.2) is 29.2 Å². The smallest absolute Gasteiger partial charge is 0.406 e. The molecule has 1 saturated heterocycles. The molecular weight excluding hydrogens is 316 g/mol. The van der Waals surface area contributed by atoms with Gasteiger partial charge in [0.05, 0.1) is 12.0 Å². The van der Waals surface area contributed by atoms with Crippen LogP contribution in [-0.4, -0.2) is 45.1 Å². The topological polar surface area (TPSA) is 75.7 Å². The Morgan fingerprint density at radius 3 is 2.65 bits per heavy atom.